The molecule has 0 unspecified atom stereocenters. The first-order valence-electron chi connectivity index (χ1n) is 10.8. The van der Waals surface area contributed by atoms with Crippen molar-refractivity contribution in [1.82, 2.24) is 4.31 Å². The predicted octanol–water partition coefficient (Wildman–Crippen LogP) is 4.40. The molecule has 34 heavy (non-hydrogen) atoms. The Balaban J connectivity index is 1.45. The topological polar surface area (TPSA) is 114 Å². The smallest absolute Gasteiger partial charge is 0.295 e. The molecule has 0 aromatic heterocycles. The number of hydrogen-bond acceptors (Lipinski definition) is 7. The normalized spacial score (nSPS) is 14.4. The Morgan fingerprint density at radius 3 is 2.53 bits per heavy atom. The minimum atomic E-state index is -3.76. The van der Waals surface area contributed by atoms with Crippen molar-refractivity contribution in [3.8, 4) is 5.75 Å². The van der Waals surface area contributed by atoms with Crippen molar-refractivity contribution in [3.63, 3.8) is 0 Å². The van der Waals surface area contributed by atoms with Gasteiger partial charge >= 0.3 is 0 Å². The van der Waals surface area contributed by atoms with Crippen LogP contribution < -0.4 is 10.2 Å². The Kier molecular flexibility index (Phi) is 7.19. The summed E-state index contributed by atoms with van der Waals surface area (Å²) in [6, 6.07) is 20.8. The number of benzene rings is 3. The van der Waals surface area contributed by atoms with Gasteiger partial charge in [-0.2, -0.15) is 9.41 Å². The van der Waals surface area contributed by atoms with Crippen LogP contribution >= 0.6 is 0 Å². The van der Waals surface area contributed by atoms with E-state index in [4.69, 9.17) is 4.74 Å². The van der Waals surface area contributed by atoms with Crippen LogP contribution in [0.3, 0.4) is 0 Å². The lowest BCUT2D eigenvalue weighted by Gasteiger charge is -2.15. The monoisotopic (exact) mass is 480 g/mol. The molecule has 0 atom stereocenters. The number of hydrazone groups is 1. The van der Waals surface area contributed by atoms with E-state index in [0.29, 0.717) is 25.4 Å². The lowest BCUT2D eigenvalue weighted by molar-refractivity contribution is -0.384. The predicted molar refractivity (Wildman–Crippen MR) is 130 cm³/mol. The van der Waals surface area contributed by atoms with E-state index in [1.54, 1.807) is 6.07 Å². The summed E-state index contributed by atoms with van der Waals surface area (Å²) >= 11 is 0. The largest absolute Gasteiger partial charge is 0.489 e. The number of nitrogens with one attached hydrogen (secondary N) is 1. The number of nitro groups is 1. The van der Waals surface area contributed by atoms with Gasteiger partial charge in [0.15, 0.2) is 0 Å². The molecular formula is C24H24N4O5S. The zero-order valence-electron chi connectivity index (χ0n) is 18.3. The van der Waals surface area contributed by atoms with E-state index in [0.717, 1.165) is 30.0 Å². The zero-order valence-corrected chi connectivity index (χ0v) is 19.1. The van der Waals surface area contributed by atoms with Crippen LogP contribution in [0.1, 0.15) is 24.0 Å². The number of ether oxygens (including phenoxy) is 1. The number of sulfonamides is 1. The highest BCUT2D eigenvalue weighted by Gasteiger charge is 2.29. The molecule has 3 aromatic rings. The Morgan fingerprint density at radius 1 is 1.03 bits per heavy atom. The molecule has 0 aliphatic carbocycles. The van der Waals surface area contributed by atoms with E-state index in [2.05, 4.69) is 10.5 Å². The van der Waals surface area contributed by atoms with E-state index in [1.165, 1.54) is 22.7 Å². The van der Waals surface area contributed by atoms with Gasteiger partial charge in [0.2, 0.25) is 10.0 Å². The molecule has 1 N–H and O–H groups in total. The Labute approximate surface area is 197 Å². The number of rotatable bonds is 9. The molecule has 0 saturated carbocycles. The Hall–Kier alpha value is -3.76. The third-order valence-corrected chi connectivity index (χ3v) is 7.27. The van der Waals surface area contributed by atoms with Gasteiger partial charge in [-0.25, -0.2) is 8.42 Å². The summed E-state index contributed by atoms with van der Waals surface area (Å²) in [6.07, 6.45) is 3.08. The molecule has 1 aliphatic rings. The van der Waals surface area contributed by atoms with Crippen molar-refractivity contribution in [2.45, 2.75) is 24.3 Å². The second kappa shape index (κ2) is 10.4. The average Bonchev–Trinajstić information content (AvgIpc) is 3.40. The molecule has 9 nitrogen and oxygen atoms in total. The van der Waals surface area contributed by atoms with Crippen molar-refractivity contribution in [2.75, 3.05) is 18.5 Å². The van der Waals surface area contributed by atoms with Crippen molar-refractivity contribution in [1.29, 1.82) is 0 Å². The van der Waals surface area contributed by atoms with Crippen LogP contribution in [0.4, 0.5) is 11.4 Å². The van der Waals surface area contributed by atoms with Crippen molar-refractivity contribution in [2.24, 2.45) is 5.10 Å². The summed E-state index contributed by atoms with van der Waals surface area (Å²) in [4.78, 5) is 10.9. The summed E-state index contributed by atoms with van der Waals surface area (Å²) in [5.74, 6) is 0.662. The van der Waals surface area contributed by atoms with Crippen LogP contribution in [-0.4, -0.2) is 37.0 Å². The van der Waals surface area contributed by atoms with E-state index >= 15 is 0 Å². The average molecular weight is 481 g/mol. The van der Waals surface area contributed by atoms with Crippen molar-refractivity contribution < 1.29 is 18.1 Å². The molecule has 0 bridgehead atoms. The second-order valence-electron chi connectivity index (χ2n) is 7.76. The quantitative estimate of drug-likeness (QED) is 0.276. The van der Waals surface area contributed by atoms with E-state index < -0.39 is 14.9 Å². The molecule has 3 aromatic carbocycles. The highest BCUT2D eigenvalue weighted by molar-refractivity contribution is 7.89. The Bertz CT molecular complexity index is 1290. The number of anilines is 1. The van der Waals surface area contributed by atoms with Gasteiger partial charge < -0.3 is 4.74 Å². The molecule has 1 fully saturated rings. The van der Waals surface area contributed by atoms with E-state index in [-0.39, 0.29) is 16.3 Å². The lowest BCUT2D eigenvalue weighted by atomic mass is 10.2. The molecular weight excluding hydrogens is 456 g/mol. The lowest BCUT2D eigenvalue weighted by Crippen LogP contribution is -2.27. The van der Waals surface area contributed by atoms with Gasteiger partial charge in [-0.1, -0.05) is 42.5 Å². The highest BCUT2D eigenvalue weighted by atomic mass is 32.2. The van der Waals surface area contributed by atoms with Crippen LogP contribution in [0.25, 0.3) is 0 Å². The maximum Gasteiger partial charge on any atom is 0.295 e. The van der Waals surface area contributed by atoms with E-state index in [9.17, 15) is 18.5 Å². The standard InChI is InChI=1S/C24H24N4O5S/c29-28(30)24-16-22(34(31,32)27-13-4-5-14-27)11-12-23(24)26-25-17-20-9-6-10-21(15-20)33-18-19-7-2-1-3-8-19/h1-3,6-12,15-17,26H,4-5,13-14,18H2. The Morgan fingerprint density at radius 2 is 1.79 bits per heavy atom. The minimum Gasteiger partial charge on any atom is -0.489 e. The molecule has 1 aliphatic heterocycles. The van der Waals surface area contributed by atoms with Crippen LogP contribution in [0, 0.1) is 10.1 Å². The summed E-state index contributed by atoms with van der Waals surface area (Å²) < 4.78 is 32.6. The fraction of sp³-hybridized carbons (Fsp3) is 0.208. The van der Waals surface area contributed by atoms with Crippen LogP contribution in [0.2, 0.25) is 0 Å². The first-order valence-corrected chi connectivity index (χ1v) is 12.2. The zero-order chi connectivity index (χ0) is 24.0. The molecule has 10 heteroatoms. The summed E-state index contributed by atoms with van der Waals surface area (Å²) in [7, 11) is -3.76. The van der Waals surface area contributed by atoms with Crippen LogP contribution in [0.5, 0.6) is 5.75 Å². The van der Waals surface area contributed by atoms with Crippen molar-refractivity contribution in [3.05, 3.63) is 94.0 Å². The van der Waals surface area contributed by atoms with Crippen LogP contribution in [0.15, 0.2) is 82.8 Å². The van der Waals surface area contributed by atoms with Gasteiger partial charge in [0, 0.05) is 19.2 Å². The van der Waals surface area contributed by atoms with Crippen LogP contribution in [-0.2, 0) is 16.6 Å². The summed E-state index contributed by atoms with van der Waals surface area (Å²) in [5, 5.41) is 15.7. The third kappa shape index (κ3) is 5.59. The SMILES string of the molecule is O=[N+]([O-])c1cc(S(=O)(=O)N2CCCC2)ccc1NN=Cc1cccc(OCc2ccccc2)c1. The fourth-order valence-electron chi connectivity index (χ4n) is 3.60. The van der Waals surface area contributed by atoms with Gasteiger partial charge in [0.05, 0.1) is 16.0 Å². The fourth-order valence-corrected chi connectivity index (χ4v) is 5.13. The van der Waals surface area contributed by atoms with Gasteiger partial charge in [-0.3, -0.25) is 15.5 Å². The molecule has 0 radical (unpaired) electrons. The molecule has 176 valence electrons. The second-order valence-corrected chi connectivity index (χ2v) is 9.70. The van der Waals surface area contributed by atoms with Crippen molar-refractivity contribution >= 4 is 27.6 Å². The number of nitrogens with zero attached hydrogens (tertiary/aromatic N) is 3. The maximum atomic E-state index is 12.7. The number of hydrogen-bond donors (Lipinski definition) is 1. The molecule has 1 heterocycles. The first kappa shape index (κ1) is 23.4. The molecule has 1 saturated heterocycles. The number of nitro benzene ring substituents is 1. The summed E-state index contributed by atoms with van der Waals surface area (Å²) in [5.41, 5.74) is 4.16. The highest BCUT2D eigenvalue weighted by Crippen LogP contribution is 2.30. The summed E-state index contributed by atoms with van der Waals surface area (Å²) in [6.45, 7) is 1.28. The van der Waals surface area contributed by atoms with Gasteiger partial charge in [-0.15, -0.1) is 0 Å². The minimum absolute atomic E-state index is 0.0955. The maximum absolute atomic E-state index is 12.7. The van der Waals surface area contributed by atoms with Gasteiger partial charge in [0.25, 0.3) is 5.69 Å². The molecule has 4 rings (SSSR count). The first-order chi connectivity index (χ1) is 16.4. The van der Waals surface area contributed by atoms with Gasteiger partial charge in [0.1, 0.15) is 18.0 Å². The molecule has 0 spiro atoms. The van der Waals surface area contributed by atoms with Gasteiger partial charge in [-0.05, 0) is 48.2 Å². The van der Waals surface area contributed by atoms with E-state index in [1.807, 2.05) is 48.5 Å². The molecule has 0 amide bonds. The third-order valence-electron chi connectivity index (χ3n) is 5.37.